The van der Waals surface area contributed by atoms with Crippen LogP contribution in [-0.2, 0) is 0 Å². The van der Waals surface area contributed by atoms with Gasteiger partial charge in [0.15, 0.2) is 0 Å². The van der Waals surface area contributed by atoms with Gasteiger partial charge in [0.25, 0.3) is 0 Å². The van der Waals surface area contributed by atoms with Gasteiger partial charge >= 0.3 is 8.80 Å². The number of unbranched alkanes of at least 4 members (excludes halogenated alkanes) is 12. The Hall–Kier alpha value is 0.0569. The van der Waals surface area contributed by atoms with Crippen LogP contribution in [0, 0.1) is 5.92 Å². The van der Waals surface area contributed by atoms with E-state index < -0.39 is 19.9 Å². The molecule has 0 aromatic carbocycles. The summed E-state index contributed by atoms with van der Waals surface area (Å²) in [7, 11) is -4.18. The molecule has 2 atom stereocenters. The van der Waals surface area contributed by atoms with Gasteiger partial charge in [0.2, 0.25) is 0 Å². The van der Waals surface area contributed by atoms with E-state index in [0.717, 1.165) is 25.7 Å². The molecule has 0 aliphatic heterocycles. The highest BCUT2D eigenvalue weighted by Crippen LogP contribution is 2.39. The van der Waals surface area contributed by atoms with Crippen molar-refractivity contribution >= 4 is 8.80 Å². The largest absolute Gasteiger partial charge is 0.496 e. The SMILES string of the molecule is CCCCCCCCCCCCCCCC(C(CCC)C(C)(C)N)[Si](O)(O)O. The van der Waals surface area contributed by atoms with Crippen LogP contribution < -0.4 is 5.73 Å². The fourth-order valence-corrected chi connectivity index (χ4v) is 6.18. The molecule has 0 aliphatic carbocycles. The summed E-state index contributed by atoms with van der Waals surface area (Å²) in [6.45, 7) is 8.21. The van der Waals surface area contributed by atoms with Crippen molar-refractivity contribution in [3.63, 3.8) is 0 Å². The van der Waals surface area contributed by atoms with Crippen LogP contribution in [0.3, 0.4) is 0 Å². The topological polar surface area (TPSA) is 86.7 Å². The predicted octanol–water partition coefficient (Wildman–Crippen LogP) is 5.91. The van der Waals surface area contributed by atoms with Crippen molar-refractivity contribution in [2.24, 2.45) is 11.7 Å². The lowest BCUT2D eigenvalue weighted by molar-refractivity contribution is 0.157. The van der Waals surface area contributed by atoms with E-state index in [1.165, 1.54) is 70.6 Å². The maximum absolute atomic E-state index is 10.0. The summed E-state index contributed by atoms with van der Waals surface area (Å²) in [5.41, 5.74) is 5.33. The molecule has 0 saturated heterocycles. The smallest absolute Gasteiger partial charge is 0.390 e. The number of nitrogens with two attached hydrogens (primary N) is 1. The zero-order valence-electron chi connectivity index (χ0n) is 19.4. The van der Waals surface area contributed by atoms with Crippen molar-refractivity contribution < 1.29 is 14.4 Å². The van der Waals surface area contributed by atoms with Crippen LogP contribution in [-0.4, -0.2) is 28.7 Å². The monoisotopic (exact) mass is 417 g/mol. The fourth-order valence-electron chi connectivity index (χ4n) is 4.45. The lowest BCUT2D eigenvalue weighted by Crippen LogP contribution is -2.52. The Bertz CT molecular complexity index is 353. The molecule has 0 fully saturated rings. The van der Waals surface area contributed by atoms with E-state index in [4.69, 9.17) is 5.73 Å². The zero-order chi connectivity index (χ0) is 21.5. The Morgan fingerprint density at radius 1 is 0.643 bits per heavy atom. The molecule has 170 valence electrons. The van der Waals surface area contributed by atoms with Gasteiger partial charge in [0.1, 0.15) is 0 Å². The molecule has 0 amide bonds. The first kappa shape index (κ1) is 28.1. The molecule has 5 N–H and O–H groups in total. The molecule has 0 heterocycles. The summed E-state index contributed by atoms with van der Waals surface area (Å²) >= 11 is 0. The molecule has 0 rings (SSSR count). The molecule has 0 radical (unpaired) electrons. The van der Waals surface area contributed by atoms with Crippen LogP contribution in [0.15, 0.2) is 0 Å². The van der Waals surface area contributed by atoms with Gasteiger partial charge in [-0.1, -0.05) is 104 Å². The highest BCUT2D eigenvalue weighted by Gasteiger charge is 2.47. The molecule has 0 aromatic rings. The number of hydrogen-bond acceptors (Lipinski definition) is 4. The average molecular weight is 418 g/mol. The average Bonchev–Trinajstić information content (AvgIpc) is 2.59. The molecule has 0 spiro atoms. The third-order valence-electron chi connectivity index (χ3n) is 6.16. The summed E-state index contributed by atoms with van der Waals surface area (Å²) < 4.78 is 0. The first-order valence-electron chi connectivity index (χ1n) is 12.1. The fraction of sp³-hybridized carbons (Fsp3) is 1.00. The Kier molecular flexibility index (Phi) is 15.9. The molecule has 4 nitrogen and oxygen atoms in total. The van der Waals surface area contributed by atoms with Gasteiger partial charge in [-0.25, -0.2) is 0 Å². The van der Waals surface area contributed by atoms with Gasteiger partial charge in [0.05, 0.1) is 0 Å². The molecule has 28 heavy (non-hydrogen) atoms. The highest BCUT2D eigenvalue weighted by molar-refractivity contribution is 6.58. The van der Waals surface area contributed by atoms with E-state index in [0.29, 0.717) is 6.42 Å². The lowest BCUT2D eigenvalue weighted by atomic mass is 9.80. The summed E-state index contributed by atoms with van der Waals surface area (Å²) in [5, 5.41) is 0. The van der Waals surface area contributed by atoms with E-state index in [-0.39, 0.29) is 5.92 Å². The maximum atomic E-state index is 10.0. The van der Waals surface area contributed by atoms with Crippen molar-refractivity contribution in [1.82, 2.24) is 0 Å². The Balaban J connectivity index is 3.95. The second-order valence-electron chi connectivity index (χ2n) is 9.54. The second-order valence-corrected chi connectivity index (χ2v) is 11.7. The van der Waals surface area contributed by atoms with Crippen LogP contribution in [0.1, 0.15) is 130 Å². The van der Waals surface area contributed by atoms with Gasteiger partial charge in [-0.3, -0.25) is 0 Å². The van der Waals surface area contributed by atoms with Gasteiger partial charge in [0, 0.05) is 11.1 Å². The first-order valence-corrected chi connectivity index (χ1v) is 14.0. The van der Waals surface area contributed by atoms with E-state index in [1.54, 1.807) is 0 Å². The first-order chi connectivity index (χ1) is 13.1. The van der Waals surface area contributed by atoms with Gasteiger partial charge in [-0.2, -0.15) is 0 Å². The van der Waals surface area contributed by atoms with Crippen LogP contribution in [0.5, 0.6) is 0 Å². The van der Waals surface area contributed by atoms with Crippen molar-refractivity contribution in [2.75, 3.05) is 0 Å². The molecule has 5 heteroatoms. The van der Waals surface area contributed by atoms with Crippen LogP contribution in [0.4, 0.5) is 0 Å². The van der Waals surface area contributed by atoms with Crippen LogP contribution in [0.25, 0.3) is 0 Å². The molecule has 0 bridgehead atoms. The van der Waals surface area contributed by atoms with E-state index in [9.17, 15) is 14.4 Å². The van der Waals surface area contributed by atoms with Gasteiger partial charge < -0.3 is 20.1 Å². The maximum Gasteiger partial charge on any atom is 0.496 e. The third-order valence-corrected chi connectivity index (χ3v) is 7.84. The summed E-state index contributed by atoms with van der Waals surface area (Å²) in [6, 6.07) is 0. The minimum atomic E-state index is -4.18. The van der Waals surface area contributed by atoms with Crippen molar-refractivity contribution in [3.8, 4) is 0 Å². The normalized spacial score (nSPS) is 15.0. The highest BCUT2D eigenvalue weighted by atomic mass is 28.4. The quantitative estimate of drug-likeness (QED) is 0.155. The van der Waals surface area contributed by atoms with Gasteiger partial charge in [-0.15, -0.1) is 0 Å². The van der Waals surface area contributed by atoms with E-state index >= 15 is 0 Å². The minimum Gasteiger partial charge on any atom is -0.390 e. The second kappa shape index (κ2) is 15.8. The molecule has 0 aliphatic rings. The standard InChI is InChI=1S/C23H51NO3Si/c1-5-7-8-9-10-11-12-13-14-15-16-17-18-20-22(28(25,26)27)21(19-6-2)23(3,4)24/h21-22,25-27H,5-20,24H2,1-4H3. The number of rotatable bonds is 19. The van der Waals surface area contributed by atoms with Crippen molar-refractivity contribution in [2.45, 2.75) is 142 Å². The molecular weight excluding hydrogens is 366 g/mol. The Labute approximate surface area is 176 Å². The lowest BCUT2D eigenvalue weighted by Gasteiger charge is -2.39. The minimum absolute atomic E-state index is 0.0542. The van der Waals surface area contributed by atoms with E-state index in [1.807, 2.05) is 13.8 Å². The Morgan fingerprint density at radius 3 is 1.36 bits per heavy atom. The van der Waals surface area contributed by atoms with Crippen molar-refractivity contribution in [3.05, 3.63) is 0 Å². The zero-order valence-corrected chi connectivity index (χ0v) is 20.4. The number of hydrogen-bond donors (Lipinski definition) is 4. The Morgan fingerprint density at radius 2 is 1.04 bits per heavy atom. The van der Waals surface area contributed by atoms with Crippen LogP contribution in [0.2, 0.25) is 5.54 Å². The molecule has 2 unspecified atom stereocenters. The van der Waals surface area contributed by atoms with Crippen LogP contribution >= 0.6 is 0 Å². The molecular formula is C23H51NO3Si. The molecule has 0 aromatic heterocycles. The van der Waals surface area contributed by atoms with Crippen molar-refractivity contribution in [1.29, 1.82) is 0 Å². The molecule has 0 saturated carbocycles. The third kappa shape index (κ3) is 14.1. The summed E-state index contributed by atoms with van der Waals surface area (Å²) in [5.74, 6) is -0.0542. The summed E-state index contributed by atoms with van der Waals surface area (Å²) in [6.07, 6.45) is 19.2. The van der Waals surface area contributed by atoms with Gasteiger partial charge in [-0.05, 0) is 32.6 Å². The predicted molar refractivity (Wildman–Crippen MR) is 123 cm³/mol. The van der Waals surface area contributed by atoms with E-state index in [2.05, 4.69) is 13.8 Å². The summed E-state index contributed by atoms with van der Waals surface area (Å²) in [4.78, 5) is 30.1.